The van der Waals surface area contributed by atoms with Gasteiger partial charge in [0.25, 0.3) is 0 Å². The van der Waals surface area contributed by atoms with Crippen molar-refractivity contribution in [3.8, 4) is 33.9 Å². The van der Waals surface area contributed by atoms with E-state index in [4.69, 9.17) is 21.1 Å². The van der Waals surface area contributed by atoms with Gasteiger partial charge < -0.3 is 14.0 Å². The molecule has 3 aromatic rings. The maximum absolute atomic E-state index is 6.02. The van der Waals surface area contributed by atoms with Gasteiger partial charge in [-0.05, 0) is 53.4 Å². The number of aromatic nitrogens is 1. The quantitative estimate of drug-likeness (QED) is 0.602. The molecule has 0 saturated carbocycles. The first-order valence-electron chi connectivity index (χ1n) is 8.67. The lowest BCUT2D eigenvalue weighted by molar-refractivity contribution is 0.297. The highest BCUT2D eigenvalue weighted by molar-refractivity contribution is 6.30. The Kier molecular flexibility index (Phi) is 3.49. The molecule has 25 heavy (non-hydrogen) atoms. The van der Waals surface area contributed by atoms with Crippen LogP contribution in [0.4, 0.5) is 0 Å². The molecule has 2 aliphatic rings. The zero-order chi connectivity index (χ0) is 16.8. The molecule has 0 N–H and O–H groups in total. The molecular formula is C21H18ClNO2. The maximum atomic E-state index is 6.02. The molecule has 126 valence electrons. The van der Waals surface area contributed by atoms with E-state index in [0.29, 0.717) is 6.61 Å². The number of rotatable bonds is 1. The van der Waals surface area contributed by atoms with Crippen molar-refractivity contribution in [2.75, 3.05) is 13.2 Å². The van der Waals surface area contributed by atoms with Gasteiger partial charge in [0.1, 0.15) is 0 Å². The van der Waals surface area contributed by atoms with Crippen LogP contribution in [0.1, 0.15) is 12.0 Å². The van der Waals surface area contributed by atoms with Gasteiger partial charge in [-0.2, -0.15) is 0 Å². The van der Waals surface area contributed by atoms with E-state index in [-0.39, 0.29) is 0 Å². The highest BCUT2D eigenvalue weighted by Gasteiger charge is 2.22. The lowest BCUT2D eigenvalue weighted by Crippen LogP contribution is -2.10. The van der Waals surface area contributed by atoms with E-state index in [2.05, 4.69) is 41.1 Å². The SMILES string of the molecule is Clc1ccc(-c2cc3n(c2)CCc2cc4c(cc2-3)OCCCO4)cc1. The van der Waals surface area contributed by atoms with Crippen molar-refractivity contribution in [1.82, 2.24) is 4.57 Å². The van der Waals surface area contributed by atoms with E-state index >= 15 is 0 Å². The van der Waals surface area contributed by atoms with Crippen molar-refractivity contribution in [3.05, 3.63) is 59.2 Å². The fourth-order valence-corrected chi connectivity index (χ4v) is 3.79. The topological polar surface area (TPSA) is 23.4 Å². The Labute approximate surface area is 151 Å². The van der Waals surface area contributed by atoms with Crippen LogP contribution in [0.2, 0.25) is 5.02 Å². The summed E-state index contributed by atoms with van der Waals surface area (Å²) in [6.07, 6.45) is 4.16. The number of ether oxygens (including phenoxy) is 2. The molecule has 2 aromatic carbocycles. The summed E-state index contributed by atoms with van der Waals surface area (Å²) in [5.74, 6) is 1.74. The number of nitrogens with zero attached hydrogens (tertiary/aromatic N) is 1. The lowest BCUT2D eigenvalue weighted by atomic mass is 9.97. The minimum absolute atomic E-state index is 0.711. The van der Waals surface area contributed by atoms with Gasteiger partial charge in [-0.15, -0.1) is 0 Å². The zero-order valence-corrected chi connectivity index (χ0v) is 14.6. The van der Waals surface area contributed by atoms with Crippen molar-refractivity contribution in [2.24, 2.45) is 0 Å². The van der Waals surface area contributed by atoms with Crippen molar-refractivity contribution < 1.29 is 9.47 Å². The summed E-state index contributed by atoms with van der Waals surface area (Å²) in [4.78, 5) is 0. The van der Waals surface area contributed by atoms with Crippen molar-refractivity contribution in [3.63, 3.8) is 0 Å². The Hall–Kier alpha value is -2.39. The number of hydrogen-bond acceptors (Lipinski definition) is 2. The lowest BCUT2D eigenvalue weighted by Gasteiger charge is -2.21. The second-order valence-corrected chi connectivity index (χ2v) is 7.01. The molecular weight excluding hydrogens is 334 g/mol. The van der Waals surface area contributed by atoms with Crippen LogP contribution in [0.3, 0.4) is 0 Å². The Morgan fingerprint density at radius 1 is 0.880 bits per heavy atom. The predicted octanol–water partition coefficient (Wildman–Crippen LogP) is 5.19. The predicted molar refractivity (Wildman–Crippen MR) is 99.6 cm³/mol. The highest BCUT2D eigenvalue weighted by Crippen LogP contribution is 2.41. The van der Waals surface area contributed by atoms with Gasteiger partial charge in [-0.1, -0.05) is 23.7 Å². The zero-order valence-electron chi connectivity index (χ0n) is 13.8. The van der Waals surface area contributed by atoms with Crippen LogP contribution in [-0.2, 0) is 13.0 Å². The normalized spacial score (nSPS) is 15.2. The molecule has 0 atom stereocenters. The number of benzene rings is 2. The number of hydrogen-bond donors (Lipinski definition) is 0. The molecule has 0 amide bonds. The summed E-state index contributed by atoms with van der Waals surface area (Å²) in [6, 6.07) is 14.6. The van der Waals surface area contributed by atoms with Gasteiger partial charge in [-0.3, -0.25) is 0 Å². The van der Waals surface area contributed by atoms with Gasteiger partial charge in [0.15, 0.2) is 11.5 Å². The summed E-state index contributed by atoms with van der Waals surface area (Å²) < 4.78 is 14.1. The highest BCUT2D eigenvalue weighted by atomic mass is 35.5. The van der Waals surface area contributed by atoms with Crippen LogP contribution in [0.5, 0.6) is 11.5 Å². The number of fused-ring (bicyclic) bond motifs is 4. The molecule has 0 radical (unpaired) electrons. The van der Waals surface area contributed by atoms with Crippen LogP contribution in [0.15, 0.2) is 48.7 Å². The number of halogens is 1. The van der Waals surface area contributed by atoms with Gasteiger partial charge in [-0.25, -0.2) is 0 Å². The second kappa shape index (κ2) is 5.85. The van der Waals surface area contributed by atoms with Crippen molar-refractivity contribution in [1.29, 1.82) is 0 Å². The molecule has 0 unspecified atom stereocenters. The first-order chi connectivity index (χ1) is 12.3. The fourth-order valence-electron chi connectivity index (χ4n) is 3.66. The third-order valence-corrected chi connectivity index (χ3v) is 5.20. The first-order valence-corrected chi connectivity index (χ1v) is 9.05. The minimum Gasteiger partial charge on any atom is -0.490 e. The van der Waals surface area contributed by atoms with Gasteiger partial charge >= 0.3 is 0 Å². The summed E-state index contributed by atoms with van der Waals surface area (Å²) in [5.41, 5.74) is 6.21. The van der Waals surface area contributed by atoms with E-state index in [1.165, 1.54) is 27.9 Å². The number of aryl methyl sites for hydroxylation is 2. The van der Waals surface area contributed by atoms with Gasteiger partial charge in [0, 0.05) is 35.4 Å². The van der Waals surface area contributed by atoms with Crippen molar-refractivity contribution >= 4 is 11.6 Å². The molecule has 0 fully saturated rings. The summed E-state index contributed by atoms with van der Waals surface area (Å²) >= 11 is 6.02. The standard InChI is InChI=1S/C21H18ClNO2/c22-17-4-2-14(3-5-17)16-10-19-18-12-21-20(24-8-1-9-25-21)11-15(18)6-7-23(19)13-16/h2-5,10-13H,1,6-9H2. The van der Waals surface area contributed by atoms with Crippen LogP contribution < -0.4 is 9.47 Å². The molecule has 3 heterocycles. The first kappa shape index (κ1) is 14.9. The smallest absolute Gasteiger partial charge is 0.161 e. The average molecular weight is 352 g/mol. The van der Waals surface area contributed by atoms with E-state index in [9.17, 15) is 0 Å². The fraction of sp³-hybridized carbons (Fsp3) is 0.238. The summed E-state index contributed by atoms with van der Waals surface area (Å²) in [5, 5.41) is 0.762. The van der Waals surface area contributed by atoms with Crippen LogP contribution in [-0.4, -0.2) is 17.8 Å². The monoisotopic (exact) mass is 351 g/mol. The Morgan fingerprint density at radius 3 is 2.44 bits per heavy atom. The van der Waals surface area contributed by atoms with E-state index in [0.717, 1.165) is 42.5 Å². The van der Waals surface area contributed by atoms with Crippen molar-refractivity contribution in [2.45, 2.75) is 19.4 Å². The minimum atomic E-state index is 0.711. The molecule has 0 bridgehead atoms. The molecule has 5 rings (SSSR count). The van der Waals surface area contributed by atoms with Crippen LogP contribution in [0, 0.1) is 0 Å². The molecule has 0 aliphatic carbocycles. The Morgan fingerprint density at radius 2 is 1.64 bits per heavy atom. The van der Waals surface area contributed by atoms with Crippen LogP contribution >= 0.6 is 11.6 Å². The summed E-state index contributed by atoms with van der Waals surface area (Å²) in [6.45, 7) is 2.42. The molecule has 0 saturated heterocycles. The van der Waals surface area contributed by atoms with E-state index in [1.807, 2.05) is 12.1 Å². The summed E-state index contributed by atoms with van der Waals surface area (Å²) in [7, 11) is 0. The van der Waals surface area contributed by atoms with Gasteiger partial charge in [0.05, 0.1) is 13.2 Å². The Balaban J connectivity index is 1.60. The van der Waals surface area contributed by atoms with E-state index in [1.54, 1.807) is 0 Å². The molecule has 1 aromatic heterocycles. The molecule has 0 spiro atoms. The van der Waals surface area contributed by atoms with Crippen LogP contribution in [0.25, 0.3) is 22.4 Å². The molecule has 4 heteroatoms. The third-order valence-electron chi connectivity index (χ3n) is 4.95. The maximum Gasteiger partial charge on any atom is 0.161 e. The van der Waals surface area contributed by atoms with Gasteiger partial charge in [0.2, 0.25) is 0 Å². The Bertz CT molecular complexity index is 943. The molecule has 3 nitrogen and oxygen atoms in total. The largest absolute Gasteiger partial charge is 0.490 e. The average Bonchev–Trinajstić information content (AvgIpc) is 2.94. The third kappa shape index (κ3) is 2.59. The second-order valence-electron chi connectivity index (χ2n) is 6.57. The van der Waals surface area contributed by atoms with E-state index < -0.39 is 0 Å². The molecule has 2 aliphatic heterocycles.